The molecule has 1 saturated carbocycles. The average Bonchev–Trinajstić information content (AvgIpc) is 2.36. The van der Waals surface area contributed by atoms with Crippen molar-refractivity contribution in [2.75, 3.05) is 0 Å². The molecule has 0 amide bonds. The summed E-state index contributed by atoms with van der Waals surface area (Å²) >= 11 is 3.48. The van der Waals surface area contributed by atoms with Crippen LogP contribution in [0.1, 0.15) is 43.7 Å². The minimum atomic E-state index is -0.209. The first-order valence-corrected chi connectivity index (χ1v) is 6.92. The molecule has 0 heterocycles. The van der Waals surface area contributed by atoms with Crippen molar-refractivity contribution in [2.24, 2.45) is 11.8 Å². The van der Waals surface area contributed by atoms with Crippen LogP contribution >= 0.6 is 15.9 Å². The van der Waals surface area contributed by atoms with E-state index in [2.05, 4.69) is 21.4 Å². The lowest BCUT2D eigenvalue weighted by molar-refractivity contribution is 0.272. The van der Waals surface area contributed by atoms with Gasteiger partial charge in [-0.3, -0.25) is 11.3 Å². The summed E-state index contributed by atoms with van der Waals surface area (Å²) in [6, 6.07) is 4.82. The molecule has 0 aromatic heterocycles. The van der Waals surface area contributed by atoms with Gasteiger partial charge >= 0.3 is 0 Å². The third kappa shape index (κ3) is 3.06. The van der Waals surface area contributed by atoms with Gasteiger partial charge in [0, 0.05) is 10.5 Å². The van der Waals surface area contributed by atoms with Crippen LogP contribution in [-0.4, -0.2) is 0 Å². The number of halogens is 2. The fourth-order valence-corrected chi connectivity index (χ4v) is 3.19. The molecule has 0 spiro atoms. The number of nitrogens with two attached hydrogens (primary N) is 1. The highest BCUT2D eigenvalue weighted by Gasteiger charge is 2.25. The van der Waals surface area contributed by atoms with Crippen molar-refractivity contribution in [3.05, 3.63) is 34.1 Å². The average molecular weight is 301 g/mol. The Labute approximate surface area is 110 Å². The van der Waals surface area contributed by atoms with E-state index < -0.39 is 0 Å². The third-order valence-electron chi connectivity index (χ3n) is 3.59. The van der Waals surface area contributed by atoms with Gasteiger partial charge in [0.25, 0.3) is 0 Å². The first kappa shape index (κ1) is 13.0. The second-order valence-corrected chi connectivity index (χ2v) is 5.56. The number of rotatable bonds is 3. The third-order valence-corrected chi connectivity index (χ3v) is 4.32. The summed E-state index contributed by atoms with van der Waals surface area (Å²) in [4.78, 5) is 0. The van der Waals surface area contributed by atoms with Gasteiger partial charge in [-0.05, 0) is 42.5 Å². The Kier molecular flexibility index (Phi) is 4.54. The highest BCUT2D eigenvalue weighted by Crippen LogP contribution is 2.36. The maximum atomic E-state index is 13.3. The van der Waals surface area contributed by atoms with Crippen molar-refractivity contribution >= 4 is 15.9 Å². The molecular weight excluding hydrogens is 283 g/mol. The van der Waals surface area contributed by atoms with Crippen LogP contribution < -0.4 is 11.3 Å². The number of hydrazine groups is 1. The minimum Gasteiger partial charge on any atom is -0.271 e. The van der Waals surface area contributed by atoms with Crippen LogP contribution in [0.15, 0.2) is 22.7 Å². The zero-order chi connectivity index (χ0) is 12.3. The molecule has 1 aliphatic carbocycles. The van der Waals surface area contributed by atoms with Crippen LogP contribution in [0, 0.1) is 11.7 Å². The first-order valence-electron chi connectivity index (χ1n) is 6.13. The largest absolute Gasteiger partial charge is 0.271 e. The molecule has 3 N–H and O–H groups in total. The molecule has 0 aliphatic heterocycles. The lowest BCUT2D eigenvalue weighted by Crippen LogP contribution is -2.34. The minimum absolute atomic E-state index is 0.0420. The highest BCUT2D eigenvalue weighted by atomic mass is 79.9. The lowest BCUT2D eigenvalue weighted by Gasteiger charge is -2.30. The van der Waals surface area contributed by atoms with E-state index in [0.29, 0.717) is 5.92 Å². The summed E-state index contributed by atoms with van der Waals surface area (Å²) < 4.78 is 14.2. The summed E-state index contributed by atoms with van der Waals surface area (Å²) in [7, 11) is 0. The van der Waals surface area contributed by atoms with Gasteiger partial charge in [0.15, 0.2) is 0 Å². The van der Waals surface area contributed by atoms with Crippen molar-refractivity contribution in [3.8, 4) is 0 Å². The zero-order valence-corrected chi connectivity index (χ0v) is 11.3. The molecule has 1 unspecified atom stereocenters. The van der Waals surface area contributed by atoms with Crippen LogP contribution in [0.3, 0.4) is 0 Å². The van der Waals surface area contributed by atoms with Crippen LogP contribution in [0.25, 0.3) is 0 Å². The molecule has 4 heteroatoms. The van der Waals surface area contributed by atoms with Crippen LogP contribution in [-0.2, 0) is 0 Å². The highest BCUT2D eigenvalue weighted by molar-refractivity contribution is 9.10. The monoisotopic (exact) mass is 300 g/mol. The first-order chi connectivity index (χ1) is 8.22. The van der Waals surface area contributed by atoms with Gasteiger partial charge in [0.05, 0.1) is 0 Å². The quantitative estimate of drug-likeness (QED) is 0.660. The fourth-order valence-electron chi connectivity index (χ4n) is 2.70. The summed E-state index contributed by atoms with van der Waals surface area (Å²) in [6.45, 7) is 0. The van der Waals surface area contributed by atoms with E-state index >= 15 is 0 Å². The Morgan fingerprint density at radius 1 is 1.29 bits per heavy atom. The van der Waals surface area contributed by atoms with Crippen molar-refractivity contribution in [1.29, 1.82) is 0 Å². The predicted molar refractivity (Wildman–Crippen MR) is 70.7 cm³/mol. The van der Waals surface area contributed by atoms with Gasteiger partial charge in [0.2, 0.25) is 0 Å². The van der Waals surface area contributed by atoms with Crippen molar-refractivity contribution in [1.82, 2.24) is 5.43 Å². The van der Waals surface area contributed by atoms with Gasteiger partial charge in [-0.1, -0.05) is 35.2 Å². The molecule has 1 aromatic rings. The second-order valence-electron chi connectivity index (χ2n) is 4.71. The molecule has 1 atom stereocenters. The molecule has 1 fully saturated rings. The molecule has 2 nitrogen and oxygen atoms in total. The van der Waals surface area contributed by atoms with Crippen molar-refractivity contribution in [3.63, 3.8) is 0 Å². The Morgan fingerprint density at radius 3 is 2.65 bits per heavy atom. The van der Waals surface area contributed by atoms with E-state index in [1.54, 1.807) is 12.1 Å². The van der Waals surface area contributed by atoms with Gasteiger partial charge in [-0.25, -0.2) is 4.39 Å². The van der Waals surface area contributed by atoms with Crippen LogP contribution in [0.5, 0.6) is 0 Å². The van der Waals surface area contributed by atoms with Crippen molar-refractivity contribution in [2.45, 2.75) is 38.1 Å². The normalized spacial score (nSPS) is 19.2. The fraction of sp³-hybridized carbons (Fsp3) is 0.538. The zero-order valence-electron chi connectivity index (χ0n) is 9.76. The SMILES string of the molecule is NNC(c1cc(F)ccc1Br)C1CCCCC1. The Bertz CT molecular complexity index is 378. The maximum Gasteiger partial charge on any atom is 0.123 e. The second kappa shape index (κ2) is 5.94. The van der Waals surface area contributed by atoms with E-state index in [9.17, 15) is 4.39 Å². The molecule has 1 aromatic carbocycles. The summed E-state index contributed by atoms with van der Waals surface area (Å²) in [6.07, 6.45) is 6.12. The molecule has 2 rings (SSSR count). The molecule has 0 saturated heterocycles. The summed E-state index contributed by atoms with van der Waals surface area (Å²) in [5.41, 5.74) is 3.79. The topological polar surface area (TPSA) is 38.0 Å². The number of benzene rings is 1. The Balaban J connectivity index is 2.24. The van der Waals surface area contributed by atoms with E-state index in [0.717, 1.165) is 22.9 Å². The smallest absolute Gasteiger partial charge is 0.123 e. The summed E-state index contributed by atoms with van der Waals surface area (Å²) in [5.74, 6) is 5.96. The molecule has 0 bridgehead atoms. The number of nitrogens with one attached hydrogen (secondary N) is 1. The van der Waals surface area contributed by atoms with Gasteiger partial charge < -0.3 is 0 Å². The van der Waals surface area contributed by atoms with Crippen molar-refractivity contribution < 1.29 is 4.39 Å². The standard InChI is InChI=1S/C13H18BrFN2/c14-12-7-6-10(15)8-11(12)13(17-16)9-4-2-1-3-5-9/h6-9,13,17H,1-5,16H2. The van der Waals surface area contributed by atoms with Gasteiger partial charge in [0.1, 0.15) is 5.82 Å². The van der Waals surface area contributed by atoms with E-state index in [-0.39, 0.29) is 11.9 Å². The number of hydrogen-bond donors (Lipinski definition) is 2. The van der Waals surface area contributed by atoms with E-state index in [1.807, 2.05) is 0 Å². The van der Waals surface area contributed by atoms with Gasteiger partial charge in [-0.2, -0.15) is 0 Å². The molecule has 1 aliphatic rings. The molecule has 0 radical (unpaired) electrons. The van der Waals surface area contributed by atoms with E-state index in [1.165, 1.54) is 25.3 Å². The maximum absolute atomic E-state index is 13.3. The summed E-state index contributed by atoms with van der Waals surface area (Å²) in [5, 5.41) is 0. The van der Waals surface area contributed by atoms with Gasteiger partial charge in [-0.15, -0.1) is 0 Å². The molecule has 17 heavy (non-hydrogen) atoms. The molecule has 94 valence electrons. The number of hydrogen-bond acceptors (Lipinski definition) is 2. The molecular formula is C13H18BrFN2. The Morgan fingerprint density at radius 2 is 2.00 bits per heavy atom. The van der Waals surface area contributed by atoms with Crippen LogP contribution in [0.4, 0.5) is 4.39 Å². The van der Waals surface area contributed by atoms with E-state index in [4.69, 9.17) is 5.84 Å². The lowest BCUT2D eigenvalue weighted by atomic mass is 9.81. The van der Waals surface area contributed by atoms with Crippen LogP contribution in [0.2, 0.25) is 0 Å². The predicted octanol–water partition coefficient (Wildman–Crippen LogP) is 3.67. The Hall–Kier alpha value is -0.450.